The molecule has 0 spiro atoms. The topological polar surface area (TPSA) is 63.1 Å². The van der Waals surface area contributed by atoms with Gasteiger partial charge in [0.25, 0.3) is 0 Å². The number of hydrogen-bond acceptors (Lipinski definition) is 4. The lowest BCUT2D eigenvalue weighted by Crippen LogP contribution is -2.29. The number of likely N-dealkylation sites (tertiary alicyclic amines) is 1. The van der Waals surface area contributed by atoms with Crippen molar-refractivity contribution in [2.45, 2.75) is 25.9 Å². The van der Waals surface area contributed by atoms with E-state index in [2.05, 4.69) is 15.4 Å². The van der Waals surface area contributed by atoms with Gasteiger partial charge in [-0.05, 0) is 30.7 Å². The molecule has 1 aliphatic rings. The molecule has 0 unspecified atom stereocenters. The van der Waals surface area contributed by atoms with Gasteiger partial charge in [0.2, 0.25) is 5.91 Å². The minimum Gasteiger partial charge on any atom is -0.338 e. The molecule has 7 heteroatoms. The van der Waals surface area contributed by atoms with Gasteiger partial charge in [0.05, 0.1) is 17.8 Å². The maximum absolute atomic E-state index is 14.0. The van der Waals surface area contributed by atoms with Gasteiger partial charge in [-0.2, -0.15) is 5.10 Å². The van der Waals surface area contributed by atoms with Gasteiger partial charge in [-0.1, -0.05) is 6.07 Å². The van der Waals surface area contributed by atoms with Gasteiger partial charge in [0.15, 0.2) is 0 Å². The molecule has 146 valence electrons. The second-order valence-corrected chi connectivity index (χ2v) is 7.46. The SMILES string of the molecule is Cc1c([C@H]2[C@H](CNCc3ccc(F)c4cccnc34)CC(=O)N2C)cnn1C. The van der Waals surface area contributed by atoms with Crippen molar-refractivity contribution in [1.29, 1.82) is 0 Å². The first-order valence-corrected chi connectivity index (χ1v) is 9.44. The summed E-state index contributed by atoms with van der Waals surface area (Å²) in [7, 11) is 3.77. The highest BCUT2D eigenvalue weighted by Gasteiger charge is 2.39. The van der Waals surface area contributed by atoms with Gasteiger partial charge >= 0.3 is 0 Å². The van der Waals surface area contributed by atoms with Crippen LogP contribution in [-0.2, 0) is 18.4 Å². The zero-order valence-electron chi connectivity index (χ0n) is 16.3. The molecule has 6 nitrogen and oxygen atoms in total. The lowest BCUT2D eigenvalue weighted by molar-refractivity contribution is -0.127. The predicted molar refractivity (Wildman–Crippen MR) is 105 cm³/mol. The average Bonchev–Trinajstić information content (AvgIpc) is 3.16. The van der Waals surface area contributed by atoms with Crippen molar-refractivity contribution in [3.8, 4) is 0 Å². The van der Waals surface area contributed by atoms with Crippen LogP contribution in [0.3, 0.4) is 0 Å². The molecule has 2 aromatic heterocycles. The Morgan fingerprint density at radius 2 is 2.11 bits per heavy atom. The van der Waals surface area contributed by atoms with E-state index in [-0.39, 0.29) is 23.7 Å². The number of nitrogens with zero attached hydrogens (tertiary/aromatic N) is 4. The second kappa shape index (κ2) is 7.31. The number of nitrogens with one attached hydrogen (secondary N) is 1. The van der Waals surface area contributed by atoms with Crippen LogP contribution in [0.1, 0.15) is 29.3 Å². The number of aryl methyl sites for hydroxylation is 1. The Labute approximate surface area is 163 Å². The van der Waals surface area contributed by atoms with Crippen molar-refractivity contribution >= 4 is 16.8 Å². The number of hydrogen-bond donors (Lipinski definition) is 1. The summed E-state index contributed by atoms with van der Waals surface area (Å²) in [5, 5.41) is 8.32. The average molecular weight is 381 g/mol. The highest BCUT2D eigenvalue weighted by Crippen LogP contribution is 2.37. The van der Waals surface area contributed by atoms with Crippen molar-refractivity contribution in [1.82, 2.24) is 25.0 Å². The Hall–Kier alpha value is -2.80. The van der Waals surface area contributed by atoms with E-state index in [0.717, 1.165) is 16.8 Å². The maximum atomic E-state index is 14.0. The minimum atomic E-state index is -0.262. The normalized spacial score (nSPS) is 19.7. The van der Waals surface area contributed by atoms with Crippen molar-refractivity contribution in [2.75, 3.05) is 13.6 Å². The third-order valence-electron chi connectivity index (χ3n) is 5.81. The van der Waals surface area contributed by atoms with E-state index in [9.17, 15) is 9.18 Å². The van der Waals surface area contributed by atoms with Gasteiger partial charge in [-0.25, -0.2) is 4.39 Å². The van der Waals surface area contributed by atoms with Gasteiger partial charge in [-0.15, -0.1) is 0 Å². The summed E-state index contributed by atoms with van der Waals surface area (Å²) in [6.45, 7) is 3.28. The van der Waals surface area contributed by atoms with Crippen LogP contribution in [0.2, 0.25) is 0 Å². The molecule has 1 fully saturated rings. The molecule has 4 rings (SSSR count). The van der Waals surface area contributed by atoms with E-state index in [4.69, 9.17) is 0 Å². The Kier molecular flexibility index (Phi) is 4.85. The number of pyridine rings is 1. The van der Waals surface area contributed by atoms with E-state index in [1.165, 1.54) is 6.07 Å². The Bertz CT molecular complexity index is 1030. The molecule has 1 aromatic carbocycles. The molecule has 0 aliphatic carbocycles. The van der Waals surface area contributed by atoms with Crippen LogP contribution in [-0.4, -0.2) is 39.2 Å². The Morgan fingerprint density at radius 1 is 1.29 bits per heavy atom. The fourth-order valence-corrected chi connectivity index (χ4v) is 4.13. The van der Waals surface area contributed by atoms with Gasteiger partial charge in [0, 0.05) is 62.4 Å². The van der Waals surface area contributed by atoms with Crippen molar-refractivity contribution < 1.29 is 9.18 Å². The molecular weight excluding hydrogens is 357 g/mol. The Morgan fingerprint density at radius 3 is 2.86 bits per heavy atom. The first-order valence-electron chi connectivity index (χ1n) is 9.44. The molecule has 1 saturated heterocycles. The second-order valence-electron chi connectivity index (χ2n) is 7.46. The molecule has 0 bridgehead atoms. The molecule has 0 saturated carbocycles. The number of halogens is 1. The monoisotopic (exact) mass is 381 g/mol. The van der Waals surface area contributed by atoms with Gasteiger partial charge in [0.1, 0.15) is 5.82 Å². The number of rotatable bonds is 5. The van der Waals surface area contributed by atoms with Crippen LogP contribution in [0.5, 0.6) is 0 Å². The third-order valence-corrected chi connectivity index (χ3v) is 5.81. The minimum absolute atomic E-state index is 0.0109. The molecular formula is C21H24FN5O. The Balaban J connectivity index is 1.51. The first-order chi connectivity index (χ1) is 13.5. The number of fused-ring (bicyclic) bond motifs is 1. The quantitative estimate of drug-likeness (QED) is 0.738. The first kappa shape index (κ1) is 18.6. The van der Waals surface area contributed by atoms with Crippen molar-refractivity contribution in [3.05, 3.63) is 59.3 Å². The molecule has 1 amide bonds. The van der Waals surface area contributed by atoms with E-state index < -0.39 is 0 Å². The van der Waals surface area contributed by atoms with Crippen LogP contribution in [0.15, 0.2) is 36.7 Å². The van der Waals surface area contributed by atoms with Crippen LogP contribution in [0.4, 0.5) is 4.39 Å². The smallest absolute Gasteiger partial charge is 0.223 e. The summed E-state index contributed by atoms with van der Waals surface area (Å²) in [5.74, 6) is 0.0380. The molecule has 1 N–H and O–H groups in total. The van der Waals surface area contributed by atoms with Crippen molar-refractivity contribution in [3.63, 3.8) is 0 Å². The van der Waals surface area contributed by atoms with Crippen LogP contribution in [0, 0.1) is 18.7 Å². The molecule has 3 aromatic rings. The van der Waals surface area contributed by atoms with E-state index in [1.54, 1.807) is 24.4 Å². The highest BCUT2D eigenvalue weighted by molar-refractivity contribution is 5.82. The third kappa shape index (κ3) is 3.16. The lowest BCUT2D eigenvalue weighted by Gasteiger charge is -2.25. The summed E-state index contributed by atoms with van der Waals surface area (Å²) < 4.78 is 15.8. The number of amides is 1. The van der Waals surface area contributed by atoms with E-state index >= 15 is 0 Å². The summed E-state index contributed by atoms with van der Waals surface area (Å²) in [6.07, 6.45) is 4.04. The number of aromatic nitrogens is 3. The molecule has 28 heavy (non-hydrogen) atoms. The molecule has 0 radical (unpaired) electrons. The largest absolute Gasteiger partial charge is 0.338 e. The summed E-state index contributed by atoms with van der Waals surface area (Å²) in [4.78, 5) is 18.5. The summed E-state index contributed by atoms with van der Waals surface area (Å²) >= 11 is 0. The van der Waals surface area contributed by atoms with E-state index in [0.29, 0.717) is 30.4 Å². The number of carbonyl (C=O) groups excluding carboxylic acids is 1. The fraction of sp³-hybridized carbons (Fsp3) is 0.381. The number of carbonyl (C=O) groups is 1. The van der Waals surface area contributed by atoms with Crippen LogP contribution in [0.25, 0.3) is 10.9 Å². The highest BCUT2D eigenvalue weighted by atomic mass is 19.1. The van der Waals surface area contributed by atoms with Crippen LogP contribution >= 0.6 is 0 Å². The van der Waals surface area contributed by atoms with Crippen molar-refractivity contribution in [2.24, 2.45) is 13.0 Å². The van der Waals surface area contributed by atoms with Gasteiger partial charge in [-0.3, -0.25) is 14.5 Å². The molecule has 1 aliphatic heterocycles. The summed E-state index contributed by atoms with van der Waals surface area (Å²) in [5.41, 5.74) is 3.79. The van der Waals surface area contributed by atoms with Gasteiger partial charge < -0.3 is 10.2 Å². The lowest BCUT2D eigenvalue weighted by atomic mass is 9.94. The summed E-state index contributed by atoms with van der Waals surface area (Å²) in [6, 6.07) is 6.75. The standard InChI is InChI=1S/C21H24FN5O/c1-13-17(12-25-27(13)3)21-15(9-19(28)26(21)2)11-23-10-14-6-7-18(22)16-5-4-8-24-20(14)16/h4-8,12,15,21,23H,9-11H2,1-3H3/t15-,21+/m0/s1. The molecule has 2 atom stereocenters. The zero-order chi connectivity index (χ0) is 19.8. The van der Waals surface area contributed by atoms with Crippen LogP contribution < -0.4 is 5.32 Å². The predicted octanol–water partition coefficient (Wildman–Crippen LogP) is 2.73. The molecule has 3 heterocycles. The number of benzene rings is 1. The zero-order valence-corrected chi connectivity index (χ0v) is 16.3. The van der Waals surface area contributed by atoms with E-state index in [1.807, 2.05) is 36.8 Å². The maximum Gasteiger partial charge on any atom is 0.223 e. The fourth-order valence-electron chi connectivity index (χ4n) is 4.13.